The molecule has 0 spiro atoms. The van der Waals surface area contributed by atoms with Gasteiger partial charge in [-0.1, -0.05) is 0 Å². The molecule has 4 nitrogen and oxygen atoms in total. The number of anilines is 3. The molecule has 1 aromatic heterocycles. The standard InChI is InChI=1S/C11H6F6N4/c12-4-1-2-5(9(14)8(4)13)19-7-3-6(11(15,16)17)20-10(18)21-7/h1-3H,(H3,18,19,20,21). The van der Waals surface area contributed by atoms with Crippen LogP contribution in [-0.2, 0) is 6.18 Å². The number of aromatic nitrogens is 2. The number of nitrogens with zero attached hydrogens (tertiary/aromatic N) is 2. The first kappa shape index (κ1) is 14.9. The summed E-state index contributed by atoms with van der Waals surface area (Å²) >= 11 is 0. The van der Waals surface area contributed by atoms with E-state index in [2.05, 4.69) is 15.3 Å². The summed E-state index contributed by atoms with van der Waals surface area (Å²) in [6, 6.07) is 1.87. The highest BCUT2D eigenvalue weighted by atomic mass is 19.4. The zero-order valence-corrected chi connectivity index (χ0v) is 9.97. The van der Waals surface area contributed by atoms with Crippen LogP contribution >= 0.6 is 0 Å². The Labute approximate surface area is 113 Å². The maximum atomic E-state index is 13.4. The molecule has 2 rings (SSSR count). The molecule has 0 aliphatic rings. The van der Waals surface area contributed by atoms with Gasteiger partial charge in [-0.3, -0.25) is 0 Å². The van der Waals surface area contributed by atoms with E-state index in [0.29, 0.717) is 12.1 Å². The summed E-state index contributed by atoms with van der Waals surface area (Å²) < 4.78 is 76.7. The van der Waals surface area contributed by atoms with Gasteiger partial charge in [0.1, 0.15) is 5.82 Å². The molecule has 0 aliphatic carbocycles. The van der Waals surface area contributed by atoms with Gasteiger partial charge in [0.2, 0.25) is 5.95 Å². The topological polar surface area (TPSA) is 63.8 Å². The molecule has 3 N–H and O–H groups in total. The second kappa shape index (κ2) is 5.11. The fourth-order valence-electron chi connectivity index (χ4n) is 1.44. The Balaban J connectivity index is 2.41. The second-order valence-electron chi connectivity index (χ2n) is 3.84. The Morgan fingerprint density at radius 3 is 2.29 bits per heavy atom. The lowest BCUT2D eigenvalue weighted by Crippen LogP contribution is -2.12. The molecule has 21 heavy (non-hydrogen) atoms. The number of rotatable bonds is 2. The molecule has 1 heterocycles. The fraction of sp³-hybridized carbons (Fsp3) is 0.0909. The monoisotopic (exact) mass is 308 g/mol. The first-order valence-electron chi connectivity index (χ1n) is 5.31. The third kappa shape index (κ3) is 3.15. The summed E-state index contributed by atoms with van der Waals surface area (Å²) in [5.41, 5.74) is 3.15. The average molecular weight is 308 g/mol. The Hall–Kier alpha value is -2.52. The molecule has 0 aliphatic heterocycles. The molecule has 0 unspecified atom stereocenters. The van der Waals surface area contributed by atoms with Crippen LogP contribution < -0.4 is 11.1 Å². The molecule has 0 amide bonds. The van der Waals surface area contributed by atoms with Gasteiger partial charge < -0.3 is 11.1 Å². The molecule has 0 saturated heterocycles. The highest BCUT2D eigenvalue weighted by molar-refractivity contribution is 5.58. The van der Waals surface area contributed by atoms with Crippen LogP contribution in [0.3, 0.4) is 0 Å². The van der Waals surface area contributed by atoms with Crippen LogP contribution in [0.5, 0.6) is 0 Å². The van der Waals surface area contributed by atoms with Crippen LogP contribution in [0.2, 0.25) is 0 Å². The van der Waals surface area contributed by atoms with Crippen molar-refractivity contribution in [2.24, 2.45) is 0 Å². The van der Waals surface area contributed by atoms with Crippen LogP contribution in [0.4, 0.5) is 43.8 Å². The van der Waals surface area contributed by atoms with E-state index < -0.39 is 46.8 Å². The van der Waals surface area contributed by atoms with Crippen molar-refractivity contribution in [1.82, 2.24) is 9.97 Å². The van der Waals surface area contributed by atoms with Crippen LogP contribution in [0.25, 0.3) is 0 Å². The predicted molar refractivity (Wildman–Crippen MR) is 61.0 cm³/mol. The highest BCUT2D eigenvalue weighted by Gasteiger charge is 2.33. The van der Waals surface area contributed by atoms with E-state index in [1.165, 1.54) is 0 Å². The number of nitrogens with two attached hydrogens (primary N) is 1. The largest absolute Gasteiger partial charge is 0.433 e. The molecule has 112 valence electrons. The van der Waals surface area contributed by atoms with Crippen molar-refractivity contribution >= 4 is 17.5 Å². The third-order valence-corrected chi connectivity index (χ3v) is 2.33. The Morgan fingerprint density at radius 2 is 1.67 bits per heavy atom. The lowest BCUT2D eigenvalue weighted by atomic mass is 10.2. The lowest BCUT2D eigenvalue weighted by Gasteiger charge is -2.11. The molecule has 0 saturated carbocycles. The van der Waals surface area contributed by atoms with Crippen molar-refractivity contribution < 1.29 is 26.3 Å². The first-order chi connectivity index (χ1) is 9.68. The van der Waals surface area contributed by atoms with Crippen LogP contribution in [0, 0.1) is 17.5 Å². The predicted octanol–water partition coefficient (Wildman–Crippen LogP) is 3.24. The minimum absolute atomic E-state index is 0.455. The van der Waals surface area contributed by atoms with Gasteiger partial charge in [-0.05, 0) is 12.1 Å². The van der Waals surface area contributed by atoms with E-state index in [-0.39, 0.29) is 0 Å². The van der Waals surface area contributed by atoms with E-state index >= 15 is 0 Å². The van der Waals surface area contributed by atoms with E-state index in [1.54, 1.807) is 0 Å². The minimum Gasteiger partial charge on any atom is -0.368 e. The van der Waals surface area contributed by atoms with Crippen molar-refractivity contribution in [3.05, 3.63) is 41.3 Å². The molecule has 1 aromatic carbocycles. The summed E-state index contributed by atoms with van der Waals surface area (Å²) in [7, 11) is 0. The third-order valence-electron chi connectivity index (χ3n) is 2.33. The van der Waals surface area contributed by atoms with Gasteiger partial charge in [0.15, 0.2) is 23.1 Å². The number of halogens is 6. The maximum absolute atomic E-state index is 13.4. The summed E-state index contributed by atoms with van der Waals surface area (Å²) in [6.45, 7) is 0. The molecule has 0 fully saturated rings. The van der Waals surface area contributed by atoms with Gasteiger partial charge in [0.25, 0.3) is 0 Å². The van der Waals surface area contributed by atoms with Crippen LogP contribution in [-0.4, -0.2) is 9.97 Å². The van der Waals surface area contributed by atoms with Crippen LogP contribution in [0.1, 0.15) is 5.69 Å². The summed E-state index contributed by atoms with van der Waals surface area (Å²) in [5.74, 6) is -6.02. The van der Waals surface area contributed by atoms with E-state index in [9.17, 15) is 26.3 Å². The highest BCUT2D eigenvalue weighted by Crippen LogP contribution is 2.30. The fourth-order valence-corrected chi connectivity index (χ4v) is 1.44. The van der Waals surface area contributed by atoms with Gasteiger partial charge in [-0.2, -0.15) is 18.2 Å². The van der Waals surface area contributed by atoms with E-state index in [0.717, 1.165) is 6.07 Å². The van der Waals surface area contributed by atoms with Crippen molar-refractivity contribution in [1.29, 1.82) is 0 Å². The average Bonchev–Trinajstić information content (AvgIpc) is 2.38. The maximum Gasteiger partial charge on any atom is 0.433 e. The molecular formula is C11H6F6N4. The number of nitrogen functional groups attached to an aromatic ring is 1. The second-order valence-corrected chi connectivity index (χ2v) is 3.84. The lowest BCUT2D eigenvalue weighted by molar-refractivity contribution is -0.141. The normalized spacial score (nSPS) is 11.5. The molecule has 0 atom stereocenters. The van der Waals surface area contributed by atoms with E-state index in [4.69, 9.17) is 5.73 Å². The van der Waals surface area contributed by atoms with Gasteiger partial charge in [0.05, 0.1) is 5.69 Å². The summed E-state index contributed by atoms with van der Waals surface area (Å²) in [4.78, 5) is 6.38. The first-order valence-corrected chi connectivity index (χ1v) is 5.31. The number of alkyl halides is 3. The molecule has 0 bridgehead atoms. The van der Waals surface area contributed by atoms with Crippen molar-refractivity contribution in [2.75, 3.05) is 11.1 Å². The number of benzene rings is 1. The Kier molecular flexibility index (Phi) is 3.62. The van der Waals surface area contributed by atoms with Crippen molar-refractivity contribution in [2.45, 2.75) is 6.18 Å². The quantitative estimate of drug-likeness (QED) is 0.660. The zero-order valence-electron chi connectivity index (χ0n) is 9.97. The van der Waals surface area contributed by atoms with Gasteiger partial charge >= 0.3 is 6.18 Å². The molecular weight excluding hydrogens is 302 g/mol. The van der Waals surface area contributed by atoms with E-state index in [1.807, 2.05) is 0 Å². The Bertz CT molecular complexity index is 685. The number of hydrogen-bond acceptors (Lipinski definition) is 4. The number of hydrogen-bond donors (Lipinski definition) is 2. The smallest absolute Gasteiger partial charge is 0.368 e. The Morgan fingerprint density at radius 1 is 1.00 bits per heavy atom. The summed E-state index contributed by atoms with van der Waals surface area (Å²) in [5, 5.41) is 2.08. The van der Waals surface area contributed by atoms with Crippen LogP contribution in [0.15, 0.2) is 18.2 Å². The zero-order chi connectivity index (χ0) is 15.8. The van der Waals surface area contributed by atoms with Gasteiger partial charge in [0, 0.05) is 6.07 Å². The van der Waals surface area contributed by atoms with Crippen molar-refractivity contribution in [3.8, 4) is 0 Å². The SMILES string of the molecule is Nc1nc(Nc2ccc(F)c(F)c2F)cc(C(F)(F)F)n1. The van der Waals surface area contributed by atoms with Crippen molar-refractivity contribution in [3.63, 3.8) is 0 Å². The minimum atomic E-state index is -4.79. The molecule has 10 heteroatoms. The molecule has 0 radical (unpaired) electrons. The number of nitrogens with one attached hydrogen (secondary N) is 1. The van der Waals surface area contributed by atoms with Gasteiger partial charge in [-0.25, -0.2) is 18.2 Å². The molecule has 2 aromatic rings. The van der Waals surface area contributed by atoms with Gasteiger partial charge in [-0.15, -0.1) is 0 Å². The summed E-state index contributed by atoms with van der Waals surface area (Å²) in [6.07, 6.45) is -4.79.